The fraction of sp³-hybridized carbons (Fsp3) is 0.118. The Balaban J connectivity index is 1.80. The van der Waals surface area contributed by atoms with Crippen LogP contribution in [0.15, 0.2) is 48.5 Å². The number of anilines is 2. The molecule has 0 atom stereocenters. The zero-order valence-corrected chi connectivity index (χ0v) is 12.4. The Hall–Kier alpha value is -2.82. The van der Waals surface area contributed by atoms with Crippen LogP contribution in [0.25, 0.3) is 10.9 Å². The van der Waals surface area contributed by atoms with E-state index in [2.05, 4.69) is 10.3 Å². The smallest absolute Gasteiger partial charge is 0.272 e. The average Bonchev–Trinajstić information content (AvgIpc) is 2.91. The zero-order valence-electron chi connectivity index (χ0n) is 12.4. The van der Waals surface area contributed by atoms with Gasteiger partial charge >= 0.3 is 0 Å². The lowest BCUT2D eigenvalue weighted by Gasteiger charge is -2.12. The molecule has 2 N–H and O–H groups in total. The molecule has 2 aromatic carbocycles. The summed E-state index contributed by atoms with van der Waals surface area (Å²) in [6.07, 6.45) is 0. The summed E-state index contributed by atoms with van der Waals surface area (Å²) in [5.41, 5.74) is 2.77. The van der Waals surface area contributed by atoms with Crippen LogP contribution in [0.2, 0.25) is 0 Å². The summed E-state index contributed by atoms with van der Waals surface area (Å²) in [7, 11) is 3.91. The third-order valence-electron chi connectivity index (χ3n) is 3.47. The first-order chi connectivity index (χ1) is 10.5. The first-order valence-corrected chi connectivity index (χ1v) is 6.90. The Kier molecular flexibility index (Phi) is 3.55. The molecule has 0 fully saturated rings. The minimum Gasteiger partial charge on any atom is -0.378 e. The number of fused-ring (bicyclic) bond motifs is 1. The predicted octanol–water partition coefficient (Wildman–Crippen LogP) is 3.63. The van der Waals surface area contributed by atoms with Crippen molar-refractivity contribution in [2.75, 3.05) is 24.3 Å². The topological polar surface area (TPSA) is 48.1 Å². The van der Waals surface area contributed by atoms with Gasteiger partial charge in [0.1, 0.15) is 11.5 Å². The molecule has 0 aliphatic rings. The van der Waals surface area contributed by atoms with Gasteiger partial charge in [0.05, 0.1) is 0 Å². The van der Waals surface area contributed by atoms with Gasteiger partial charge in [-0.2, -0.15) is 0 Å². The summed E-state index contributed by atoms with van der Waals surface area (Å²) in [6.45, 7) is 0. The second kappa shape index (κ2) is 5.52. The highest BCUT2D eigenvalue weighted by atomic mass is 19.1. The summed E-state index contributed by atoms with van der Waals surface area (Å²) in [5, 5.41) is 3.62. The van der Waals surface area contributed by atoms with Gasteiger partial charge in [0.25, 0.3) is 5.91 Å². The average molecular weight is 297 g/mol. The standard InChI is InChI=1S/C17H16FN3O/c1-21(2)14-7-5-13(6-8-14)19-17(22)16-9-11-3-4-12(18)10-15(11)20-16/h3-10,20H,1-2H3,(H,19,22). The number of hydrogen-bond acceptors (Lipinski definition) is 2. The summed E-state index contributed by atoms with van der Waals surface area (Å²) in [6, 6.07) is 13.6. The van der Waals surface area contributed by atoms with Gasteiger partial charge in [0.15, 0.2) is 0 Å². The largest absolute Gasteiger partial charge is 0.378 e. The quantitative estimate of drug-likeness (QED) is 0.775. The van der Waals surface area contributed by atoms with Gasteiger partial charge < -0.3 is 15.2 Å². The highest BCUT2D eigenvalue weighted by Gasteiger charge is 2.10. The van der Waals surface area contributed by atoms with E-state index < -0.39 is 0 Å². The highest BCUT2D eigenvalue weighted by Crippen LogP contribution is 2.19. The Morgan fingerprint density at radius 2 is 1.82 bits per heavy atom. The minimum atomic E-state index is -0.333. The number of aromatic amines is 1. The van der Waals surface area contributed by atoms with Crippen LogP contribution in [0.3, 0.4) is 0 Å². The SMILES string of the molecule is CN(C)c1ccc(NC(=O)c2cc3ccc(F)cc3[nH]2)cc1. The van der Waals surface area contributed by atoms with E-state index in [1.807, 2.05) is 43.3 Å². The van der Waals surface area contributed by atoms with Gasteiger partial charge in [-0.05, 0) is 48.5 Å². The first kappa shape index (κ1) is 14.1. The molecule has 0 aliphatic carbocycles. The number of amides is 1. The maximum absolute atomic E-state index is 13.2. The van der Waals surface area contributed by atoms with Gasteiger partial charge in [-0.1, -0.05) is 0 Å². The molecule has 0 radical (unpaired) electrons. The molecular weight excluding hydrogens is 281 g/mol. The Bertz CT molecular complexity index is 822. The zero-order chi connectivity index (χ0) is 15.7. The molecule has 22 heavy (non-hydrogen) atoms. The summed E-state index contributed by atoms with van der Waals surface area (Å²) < 4.78 is 13.2. The van der Waals surface area contributed by atoms with Crippen molar-refractivity contribution in [3.63, 3.8) is 0 Å². The molecule has 3 rings (SSSR count). The van der Waals surface area contributed by atoms with E-state index >= 15 is 0 Å². The predicted molar refractivity (Wildman–Crippen MR) is 87.0 cm³/mol. The molecule has 1 aromatic heterocycles. The third-order valence-corrected chi connectivity index (χ3v) is 3.47. The number of halogens is 1. The van der Waals surface area contributed by atoms with Crippen molar-refractivity contribution in [1.29, 1.82) is 0 Å². The number of hydrogen-bond donors (Lipinski definition) is 2. The lowest BCUT2D eigenvalue weighted by molar-refractivity contribution is 0.102. The second-order valence-corrected chi connectivity index (χ2v) is 5.31. The molecule has 1 heterocycles. The number of carbonyl (C=O) groups is 1. The molecule has 0 saturated carbocycles. The van der Waals surface area contributed by atoms with Crippen LogP contribution in [0.4, 0.5) is 15.8 Å². The van der Waals surface area contributed by atoms with E-state index in [9.17, 15) is 9.18 Å². The van der Waals surface area contributed by atoms with Crippen LogP contribution in [0.5, 0.6) is 0 Å². The third kappa shape index (κ3) is 2.79. The van der Waals surface area contributed by atoms with E-state index in [-0.39, 0.29) is 11.7 Å². The molecule has 0 spiro atoms. The maximum Gasteiger partial charge on any atom is 0.272 e. The minimum absolute atomic E-state index is 0.255. The van der Waals surface area contributed by atoms with Crippen LogP contribution in [-0.4, -0.2) is 25.0 Å². The van der Waals surface area contributed by atoms with Gasteiger partial charge in [-0.25, -0.2) is 4.39 Å². The Labute approximate surface area is 127 Å². The second-order valence-electron chi connectivity index (χ2n) is 5.31. The van der Waals surface area contributed by atoms with Crippen molar-refractivity contribution >= 4 is 28.2 Å². The number of rotatable bonds is 3. The highest BCUT2D eigenvalue weighted by molar-refractivity contribution is 6.05. The molecule has 4 nitrogen and oxygen atoms in total. The molecule has 5 heteroatoms. The first-order valence-electron chi connectivity index (χ1n) is 6.90. The van der Waals surface area contributed by atoms with Crippen LogP contribution in [-0.2, 0) is 0 Å². The molecule has 3 aromatic rings. The van der Waals surface area contributed by atoms with Gasteiger partial charge in [-0.15, -0.1) is 0 Å². The molecular formula is C17H16FN3O. The van der Waals surface area contributed by atoms with E-state index in [1.165, 1.54) is 12.1 Å². The molecule has 0 saturated heterocycles. The number of H-pyrrole nitrogens is 1. The van der Waals surface area contributed by atoms with Gasteiger partial charge in [0.2, 0.25) is 0 Å². The lowest BCUT2D eigenvalue weighted by atomic mass is 10.2. The van der Waals surface area contributed by atoms with Crippen LogP contribution in [0.1, 0.15) is 10.5 Å². The van der Waals surface area contributed by atoms with Gasteiger partial charge in [0, 0.05) is 36.4 Å². The molecule has 1 amide bonds. The number of benzene rings is 2. The summed E-state index contributed by atoms with van der Waals surface area (Å²) >= 11 is 0. The van der Waals surface area contributed by atoms with Crippen LogP contribution < -0.4 is 10.2 Å². The van der Waals surface area contributed by atoms with Crippen molar-refractivity contribution < 1.29 is 9.18 Å². The van der Waals surface area contributed by atoms with Crippen molar-refractivity contribution in [2.24, 2.45) is 0 Å². The summed E-state index contributed by atoms with van der Waals surface area (Å²) in [4.78, 5) is 17.2. The van der Waals surface area contributed by atoms with Crippen molar-refractivity contribution in [1.82, 2.24) is 4.98 Å². The van der Waals surface area contributed by atoms with Crippen molar-refractivity contribution in [2.45, 2.75) is 0 Å². The fourth-order valence-corrected chi connectivity index (χ4v) is 2.26. The Morgan fingerprint density at radius 1 is 1.09 bits per heavy atom. The molecule has 0 bridgehead atoms. The number of carbonyl (C=O) groups excluding carboxylic acids is 1. The molecule has 112 valence electrons. The molecule has 0 unspecified atom stereocenters. The monoisotopic (exact) mass is 297 g/mol. The van der Waals surface area contributed by atoms with Crippen LogP contribution in [0, 0.1) is 5.82 Å². The lowest BCUT2D eigenvalue weighted by Crippen LogP contribution is -2.13. The van der Waals surface area contributed by atoms with E-state index in [0.29, 0.717) is 16.9 Å². The number of nitrogens with one attached hydrogen (secondary N) is 2. The molecule has 0 aliphatic heterocycles. The fourth-order valence-electron chi connectivity index (χ4n) is 2.26. The van der Waals surface area contributed by atoms with E-state index in [0.717, 1.165) is 11.1 Å². The van der Waals surface area contributed by atoms with E-state index in [1.54, 1.807) is 12.1 Å². The van der Waals surface area contributed by atoms with Crippen molar-refractivity contribution in [3.8, 4) is 0 Å². The van der Waals surface area contributed by atoms with Crippen molar-refractivity contribution in [3.05, 3.63) is 60.0 Å². The van der Waals surface area contributed by atoms with Crippen LogP contribution >= 0.6 is 0 Å². The Morgan fingerprint density at radius 3 is 2.50 bits per heavy atom. The normalized spacial score (nSPS) is 10.7. The summed E-state index contributed by atoms with van der Waals surface area (Å²) in [5.74, 6) is -0.588. The van der Waals surface area contributed by atoms with Gasteiger partial charge in [-0.3, -0.25) is 4.79 Å². The number of aromatic nitrogens is 1. The maximum atomic E-state index is 13.2. The van der Waals surface area contributed by atoms with E-state index in [4.69, 9.17) is 0 Å². The number of nitrogens with zero attached hydrogens (tertiary/aromatic N) is 1.